The molecule has 37 atom stereocenters. The van der Waals surface area contributed by atoms with Crippen molar-refractivity contribution in [3.8, 4) is 0 Å². The summed E-state index contributed by atoms with van der Waals surface area (Å²) in [7, 11) is 0. The lowest BCUT2D eigenvalue weighted by molar-refractivity contribution is -0.410. The second kappa shape index (κ2) is 28.2. The number of hydrogen-bond acceptors (Lipinski definition) is 31. The Kier molecular flexibility index (Phi) is 22.0. The van der Waals surface area contributed by atoms with E-state index in [1.165, 1.54) is 18.1 Å². The van der Waals surface area contributed by atoms with Gasteiger partial charge in [-0.15, -0.1) is 0 Å². The van der Waals surface area contributed by atoms with Crippen molar-refractivity contribution in [3.63, 3.8) is 0 Å². The van der Waals surface area contributed by atoms with Crippen LogP contribution in [0, 0.1) is 33.5 Å². The van der Waals surface area contributed by atoms with Crippen LogP contribution in [0.3, 0.4) is 0 Å². The first-order valence-corrected chi connectivity index (χ1v) is 33.4. The zero-order chi connectivity index (χ0) is 68.2. The lowest BCUT2D eigenvalue weighted by Gasteiger charge is -2.63. The number of carbonyl (C=O) groups is 1. The van der Waals surface area contributed by atoms with Crippen molar-refractivity contribution >= 4 is 5.78 Å². The third-order valence-electron chi connectivity index (χ3n) is 24.3. The third-order valence-corrected chi connectivity index (χ3v) is 24.3. The molecule has 0 aromatic heterocycles. The molecule has 0 amide bonds. The van der Waals surface area contributed by atoms with Crippen LogP contribution in [-0.2, 0) is 66.4 Å². The molecule has 0 bridgehead atoms. The van der Waals surface area contributed by atoms with Crippen molar-refractivity contribution in [2.75, 3.05) is 39.6 Å². The number of aliphatic hydroxyl groups excluding tert-OH is 17. The van der Waals surface area contributed by atoms with Gasteiger partial charge in [0, 0.05) is 17.3 Å². The fraction of sp³-hybridized carbons (Fsp3) is 0.952. The SMILES string of the molecule is CCC(=O)C1CC(C)C2(CCC3(C)C4=C(CCC32C)C2(C)CCC(OC3OC(COC5OCC(O)C(O)C5OC5OC(CO)C(O)C(OC6OCC(O)C(O)C6OC6OC(CO)C(O)C(O)C6O)C5OC5OC(C)C(O)C(O)C5O)C(O)C(O)C3O)C(C)(CO)C2CC4)O1. The minimum absolute atomic E-state index is 0.103. The Hall–Kier alpha value is -1.79. The van der Waals surface area contributed by atoms with Gasteiger partial charge in [0.05, 0.1) is 57.5 Å². The standard InChI is InChI=1S/C63H102O31/c1-8-28(67)31-17-24(2)63(94-31)16-15-61(6)27-9-10-35-59(4,26(27)11-14-62(61,63)7)13-12-36(60(35,5)23-66)89-54-47(80)45(78)41(74)34(88-54)22-84-56-50(38(71)29(68)20-82-56)92-58-52(93-53-46(79)43(76)37(70)25(3)85-53)49(42(75)33(19-65)87-58)90-57-51(39(72)30(69)21-83-57)91-55-48(81)44(77)40(73)32(18-64)86-55/h24-25,29-58,64-66,68-81H,8-23H2,1-7H3. The van der Waals surface area contributed by atoms with E-state index in [9.17, 15) is 91.6 Å². The zero-order valence-corrected chi connectivity index (χ0v) is 54.1. The number of allylic oxidation sites excluding steroid dienone is 2. The molecule has 9 fully saturated rings. The maximum Gasteiger partial charge on any atom is 0.187 e. The summed E-state index contributed by atoms with van der Waals surface area (Å²) in [6.07, 6.45) is -45.7. The van der Waals surface area contributed by atoms with Gasteiger partial charge in [0.2, 0.25) is 0 Å². The molecule has 1 spiro atoms. The summed E-state index contributed by atoms with van der Waals surface area (Å²) >= 11 is 0. The Labute approximate surface area is 544 Å². The first-order valence-electron chi connectivity index (χ1n) is 33.4. The molecule has 4 aliphatic carbocycles. The number of Topliss-reactive ketones (excluding diaryl/α,β-unsaturated/α-hetero) is 1. The highest BCUT2D eigenvalue weighted by molar-refractivity contribution is 5.83. The topological polar surface area (TPSA) is 481 Å². The fourth-order valence-corrected chi connectivity index (χ4v) is 18.3. The van der Waals surface area contributed by atoms with E-state index in [2.05, 4.69) is 27.7 Å². The predicted octanol–water partition coefficient (Wildman–Crippen LogP) is -5.15. The van der Waals surface area contributed by atoms with Crippen molar-refractivity contribution in [2.45, 2.75) is 303 Å². The van der Waals surface area contributed by atoms with E-state index in [0.29, 0.717) is 25.7 Å². The van der Waals surface area contributed by atoms with E-state index >= 15 is 0 Å². The minimum Gasteiger partial charge on any atom is -0.396 e. The lowest BCUT2D eigenvalue weighted by atomic mass is 9.42. The first-order chi connectivity index (χ1) is 44.4. The Morgan fingerprint density at radius 2 is 1.04 bits per heavy atom. The van der Waals surface area contributed by atoms with Crippen LogP contribution < -0.4 is 0 Å². The predicted molar refractivity (Wildman–Crippen MR) is 312 cm³/mol. The third kappa shape index (κ3) is 12.3. The molecular weight excluding hydrogens is 1250 g/mol. The molecule has 7 aliphatic heterocycles. The van der Waals surface area contributed by atoms with Crippen molar-refractivity contribution in [1.29, 1.82) is 0 Å². The number of carbonyl (C=O) groups excluding carboxylic acids is 1. The van der Waals surface area contributed by atoms with E-state index in [1.807, 2.05) is 13.8 Å². The Bertz CT molecular complexity index is 2630. The van der Waals surface area contributed by atoms with Gasteiger partial charge in [-0.3, -0.25) is 4.79 Å². The molecule has 31 heteroatoms. The van der Waals surface area contributed by atoms with E-state index in [0.717, 1.165) is 38.5 Å². The average Bonchev–Trinajstić information content (AvgIpc) is 1.48. The van der Waals surface area contributed by atoms with Crippen molar-refractivity contribution < 1.29 is 153 Å². The maximum atomic E-state index is 13.1. The van der Waals surface area contributed by atoms with Gasteiger partial charge in [0.25, 0.3) is 0 Å². The van der Waals surface area contributed by atoms with E-state index in [-0.39, 0.29) is 40.5 Å². The first kappa shape index (κ1) is 73.4. The van der Waals surface area contributed by atoms with Crippen LogP contribution in [0.15, 0.2) is 11.1 Å². The molecule has 17 N–H and O–H groups in total. The van der Waals surface area contributed by atoms with Crippen LogP contribution in [0.25, 0.3) is 0 Å². The minimum atomic E-state index is -2.08. The molecule has 31 nitrogen and oxygen atoms in total. The molecule has 37 unspecified atom stereocenters. The lowest BCUT2D eigenvalue weighted by Crippen LogP contribution is -2.68. The second-order valence-electron chi connectivity index (χ2n) is 29.3. The van der Waals surface area contributed by atoms with Gasteiger partial charge in [-0.05, 0) is 87.4 Å². The summed E-state index contributed by atoms with van der Waals surface area (Å²) in [5, 5.41) is 188. The van der Waals surface area contributed by atoms with Crippen molar-refractivity contribution in [3.05, 3.63) is 11.1 Å². The van der Waals surface area contributed by atoms with Crippen LogP contribution in [-0.4, -0.2) is 322 Å². The van der Waals surface area contributed by atoms with Crippen molar-refractivity contribution in [2.24, 2.45) is 33.5 Å². The van der Waals surface area contributed by atoms with E-state index in [1.54, 1.807) is 0 Å². The molecule has 2 saturated carbocycles. The molecule has 0 aromatic rings. The zero-order valence-electron chi connectivity index (χ0n) is 54.1. The normalized spacial score (nSPS) is 54.7. The Morgan fingerprint density at radius 3 is 1.67 bits per heavy atom. The molecular formula is C63H102O31. The van der Waals surface area contributed by atoms with Gasteiger partial charge in [0.15, 0.2) is 43.5 Å². The molecule has 0 aromatic carbocycles. The summed E-state index contributed by atoms with van der Waals surface area (Å²) in [4.78, 5) is 13.1. The molecule has 7 heterocycles. The van der Waals surface area contributed by atoms with Gasteiger partial charge < -0.3 is 148 Å². The monoisotopic (exact) mass is 1350 g/mol. The van der Waals surface area contributed by atoms with Crippen LogP contribution in [0.1, 0.15) is 113 Å². The largest absolute Gasteiger partial charge is 0.396 e. The highest BCUT2D eigenvalue weighted by Gasteiger charge is 2.72. The van der Waals surface area contributed by atoms with Crippen molar-refractivity contribution in [1.82, 2.24) is 0 Å². The number of hydrogen-bond donors (Lipinski definition) is 17. The van der Waals surface area contributed by atoms with Crippen LogP contribution >= 0.6 is 0 Å². The summed E-state index contributed by atoms with van der Waals surface area (Å²) < 4.78 is 79.6. The number of ether oxygens (including phenoxy) is 13. The highest BCUT2D eigenvalue weighted by atomic mass is 16.8. The van der Waals surface area contributed by atoms with Crippen LogP contribution in [0.4, 0.5) is 0 Å². The van der Waals surface area contributed by atoms with Gasteiger partial charge >= 0.3 is 0 Å². The van der Waals surface area contributed by atoms with Gasteiger partial charge in [-0.2, -0.15) is 0 Å². The summed E-state index contributed by atoms with van der Waals surface area (Å²) in [5.74, 6) is 0.246. The van der Waals surface area contributed by atoms with Gasteiger partial charge in [-0.1, -0.05) is 52.7 Å². The van der Waals surface area contributed by atoms with Crippen LogP contribution in [0.5, 0.6) is 0 Å². The number of aliphatic hydroxyl groups is 17. The van der Waals surface area contributed by atoms with E-state index in [4.69, 9.17) is 61.6 Å². The smallest absolute Gasteiger partial charge is 0.187 e. The number of ketones is 1. The number of rotatable bonds is 18. The molecule has 94 heavy (non-hydrogen) atoms. The maximum absolute atomic E-state index is 13.1. The molecule has 0 radical (unpaired) electrons. The molecule has 7 saturated heterocycles. The molecule has 540 valence electrons. The summed E-state index contributed by atoms with van der Waals surface area (Å²) in [6.45, 7) is 10.3. The number of fused-ring (bicyclic) bond motifs is 5. The molecule has 11 rings (SSSR count). The fourth-order valence-electron chi connectivity index (χ4n) is 18.3. The van der Waals surface area contributed by atoms with Gasteiger partial charge in [-0.25, -0.2) is 0 Å². The molecule has 11 aliphatic rings. The quantitative estimate of drug-likeness (QED) is 0.0571. The highest BCUT2D eigenvalue weighted by Crippen LogP contribution is 2.75. The Balaban J connectivity index is 0.814. The van der Waals surface area contributed by atoms with Gasteiger partial charge in [0.1, 0.15) is 134 Å². The summed E-state index contributed by atoms with van der Waals surface area (Å²) in [5.41, 5.74) is 0.745. The van der Waals surface area contributed by atoms with E-state index < -0.39 is 228 Å². The average molecular weight is 1360 g/mol. The Morgan fingerprint density at radius 1 is 0.511 bits per heavy atom. The second-order valence-corrected chi connectivity index (χ2v) is 29.3. The summed E-state index contributed by atoms with van der Waals surface area (Å²) in [6, 6.07) is 0. The van der Waals surface area contributed by atoms with Crippen LogP contribution in [0.2, 0.25) is 0 Å².